The smallest absolute Gasteiger partial charge is 0.131 e. The van der Waals surface area contributed by atoms with Crippen LogP contribution in [0, 0.1) is 5.92 Å². The van der Waals surface area contributed by atoms with Crippen LogP contribution in [-0.2, 0) is 11.2 Å². The number of rotatable bonds is 7. The minimum atomic E-state index is 0.579. The Bertz CT molecular complexity index is 345. The Labute approximate surface area is 111 Å². The van der Waals surface area contributed by atoms with Crippen molar-refractivity contribution in [3.05, 3.63) is 16.5 Å². The van der Waals surface area contributed by atoms with Gasteiger partial charge in [0, 0.05) is 25.6 Å². The number of hydrogen-bond acceptors (Lipinski definition) is 4. The van der Waals surface area contributed by atoms with Crippen molar-refractivity contribution in [1.82, 2.24) is 9.97 Å². The van der Waals surface area contributed by atoms with Gasteiger partial charge in [0.05, 0.1) is 6.61 Å². The number of nitrogens with one attached hydrogen (secondary N) is 1. The van der Waals surface area contributed by atoms with Gasteiger partial charge in [0.1, 0.15) is 16.2 Å². The van der Waals surface area contributed by atoms with E-state index in [1.54, 1.807) is 0 Å². The van der Waals surface area contributed by atoms with Crippen LogP contribution in [0.1, 0.15) is 26.6 Å². The van der Waals surface area contributed by atoms with E-state index in [1.807, 2.05) is 13.0 Å². The van der Waals surface area contributed by atoms with Gasteiger partial charge in [0.2, 0.25) is 0 Å². The molecule has 5 heteroatoms. The number of halogens is 1. The molecule has 1 rings (SSSR count). The largest absolute Gasteiger partial charge is 0.379 e. The summed E-state index contributed by atoms with van der Waals surface area (Å²) in [5, 5.41) is 3.23. The number of hydrogen-bond donors (Lipinski definition) is 1. The van der Waals surface area contributed by atoms with Crippen LogP contribution in [0.5, 0.6) is 0 Å². The van der Waals surface area contributed by atoms with Crippen molar-refractivity contribution >= 4 is 21.7 Å². The number of anilines is 1. The Hall–Kier alpha value is -0.680. The molecule has 1 aromatic rings. The van der Waals surface area contributed by atoms with E-state index in [2.05, 4.69) is 45.1 Å². The van der Waals surface area contributed by atoms with Gasteiger partial charge in [-0.2, -0.15) is 0 Å². The maximum Gasteiger partial charge on any atom is 0.131 e. The second-order valence-electron chi connectivity index (χ2n) is 4.24. The van der Waals surface area contributed by atoms with E-state index in [4.69, 9.17) is 4.74 Å². The van der Waals surface area contributed by atoms with Crippen molar-refractivity contribution in [2.24, 2.45) is 5.92 Å². The fourth-order valence-electron chi connectivity index (χ4n) is 1.28. The molecule has 0 radical (unpaired) electrons. The van der Waals surface area contributed by atoms with Crippen LogP contribution in [0.4, 0.5) is 5.82 Å². The summed E-state index contributed by atoms with van der Waals surface area (Å²) in [5.41, 5.74) is 0. The minimum absolute atomic E-state index is 0.579. The molecule has 1 N–H and O–H groups in total. The molecule has 0 aromatic carbocycles. The van der Waals surface area contributed by atoms with Gasteiger partial charge in [-0.25, -0.2) is 9.97 Å². The van der Waals surface area contributed by atoms with Crippen LogP contribution in [0.15, 0.2) is 10.7 Å². The Kier molecular flexibility index (Phi) is 6.44. The summed E-state index contributed by atoms with van der Waals surface area (Å²) in [5.74, 6) is 2.26. The van der Waals surface area contributed by atoms with Gasteiger partial charge >= 0.3 is 0 Å². The Morgan fingerprint density at radius 2 is 2.18 bits per heavy atom. The lowest BCUT2D eigenvalue weighted by atomic mass is 10.2. The summed E-state index contributed by atoms with van der Waals surface area (Å²) in [6.45, 7) is 8.58. The Morgan fingerprint density at radius 3 is 2.82 bits per heavy atom. The lowest BCUT2D eigenvalue weighted by Gasteiger charge is -2.09. The van der Waals surface area contributed by atoms with Crippen molar-refractivity contribution < 1.29 is 4.74 Å². The highest BCUT2D eigenvalue weighted by Crippen LogP contribution is 2.12. The standard InChI is InChI=1S/C12H20BrN3O/c1-4-11-15-10(13)7-12(16-11)14-5-6-17-8-9(2)3/h7,9H,4-6,8H2,1-3H3,(H,14,15,16). The van der Waals surface area contributed by atoms with Crippen LogP contribution in [0.3, 0.4) is 0 Å². The third kappa shape index (κ3) is 5.98. The zero-order valence-electron chi connectivity index (χ0n) is 10.7. The summed E-state index contributed by atoms with van der Waals surface area (Å²) in [7, 11) is 0. The first kappa shape index (κ1) is 14.4. The normalized spacial score (nSPS) is 10.9. The van der Waals surface area contributed by atoms with E-state index < -0.39 is 0 Å². The van der Waals surface area contributed by atoms with Gasteiger partial charge in [-0.15, -0.1) is 0 Å². The van der Waals surface area contributed by atoms with Gasteiger partial charge in [0.25, 0.3) is 0 Å². The monoisotopic (exact) mass is 301 g/mol. The van der Waals surface area contributed by atoms with E-state index in [0.717, 1.165) is 35.8 Å². The number of nitrogens with zero attached hydrogens (tertiary/aromatic N) is 2. The van der Waals surface area contributed by atoms with Gasteiger partial charge in [-0.1, -0.05) is 20.8 Å². The zero-order chi connectivity index (χ0) is 12.7. The quantitative estimate of drug-likeness (QED) is 0.621. The molecule has 0 spiro atoms. The lowest BCUT2D eigenvalue weighted by Crippen LogP contribution is -2.13. The summed E-state index contributed by atoms with van der Waals surface area (Å²) < 4.78 is 6.30. The molecule has 0 aliphatic rings. The van der Waals surface area contributed by atoms with Crippen molar-refractivity contribution in [3.63, 3.8) is 0 Å². The van der Waals surface area contributed by atoms with Crippen molar-refractivity contribution in [1.29, 1.82) is 0 Å². The molecule has 96 valence electrons. The molecule has 0 saturated carbocycles. The average molecular weight is 302 g/mol. The first-order valence-electron chi connectivity index (χ1n) is 5.97. The molecular weight excluding hydrogens is 282 g/mol. The van der Waals surface area contributed by atoms with Gasteiger partial charge in [0.15, 0.2) is 0 Å². The number of aryl methyl sites for hydroxylation is 1. The summed E-state index contributed by atoms with van der Waals surface area (Å²) >= 11 is 3.37. The molecule has 4 nitrogen and oxygen atoms in total. The zero-order valence-corrected chi connectivity index (χ0v) is 12.2. The molecule has 0 fully saturated rings. The molecule has 0 atom stereocenters. The fraction of sp³-hybridized carbons (Fsp3) is 0.667. The maximum absolute atomic E-state index is 5.49. The van der Waals surface area contributed by atoms with E-state index in [1.165, 1.54) is 0 Å². The predicted molar refractivity (Wildman–Crippen MR) is 73.3 cm³/mol. The first-order valence-corrected chi connectivity index (χ1v) is 6.76. The SMILES string of the molecule is CCc1nc(Br)cc(NCCOCC(C)C)n1. The minimum Gasteiger partial charge on any atom is -0.379 e. The van der Waals surface area contributed by atoms with Crippen LogP contribution >= 0.6 is 15.9 Å². The van der Waals surface area contributed by atoms with Crippen LogP contribution < -0.4 is 5.32 Å². The highest BCUT2D eigenvalue weighted by Gasteiger charge is 2.01. The molecule has 0 saturated heterocycles. The second-order valence-corrected chi connectivity index (χ2v) is 5.05. The third-order valence-corrected chi connectivity index (χ3v) is 2.47. The highest BCUT2D eigenvalue weighted by atomic mass is 79.9. The van der Waals surface area contributed by atoms with Crippen LogP contribution in [0.2, 0.25) is 0 Å². The van der Waals surface area contributed by atoms with Gasteiger partial charge in [-0.05, 0) is 21.8 Å². The molecule has 0 bridgehead atoms. The average Bonchev–Trinajstić information content (AvgIpc) is 2.27. The van der Waals surface area contributed by atoms with E-state index in [-0.39, 0.29) is 0 Å². The molecule has 1 heterocycles. The van der Waals surface area contributed by atoms with Crippen molar-refractivity contribution in [2.45, 2.75) is 27.2 Å². The molecule has 0 aliphatic heterocycles. The molecule has 17 heavy (non-hydrogen) atoms. The summed E-state index contributed by atoms with van der Waals surface area (Å²) in [6, 6.07) is 1.88. The summed E-state index contributed by atoms with van der Waals surface area (Å²) in [6.07, 6.45) is 0.831. The highest BCUT2D eigenvalue weighted by molar-refractivity contribution is 9.10. The molecule has 1 aromatic heterocycles. The van der Waals surface area contributed by atoms with Gasteiger partial charge in [-0.3, -0.25) is 0 Å². The molecular formula is C12H20BrN3O. The van der Waals surface area contributed by atoms with Crippen LogP contribution in [-0.4, -0.2) is 29.7 Å². The fourth-order valence-corrected chi connectivity index (χ4v) is 1.71. The van der Waals surface area contributed by atoms with Gasteiger partial charge < -0.3 is 10.1 Å². The van der Waals surface area contributed by atoms with Crippen molar-refractivity contribution in [3.8, 4) is 0 Å². The van der Waals surface area contributed by atoms with E-state index in [9.17, 15) is 0 Å². The maximum atomic E-state index is 5.49. The topological polar surface area (TPSA) is 47.0 Å². The number of ether oxygens (including phenoxy) is 1. The van der Waals surface area contributed by atoms with Crippen LogP contribution in [0.25, 0.3) is 0 Å². The first-order chi connectivity index (χ1) is 8.11. The summed E-state index contributed by atoms with van der Waals surface area (Å²) in [4.78, 5) is 8.63. The number of aromatic nitrogens is 2. The second kappa shape index (κ2) is 7.61. The molecule has 0 aliphatic carbocycles. The molecule has 0 unspecified atom stereocenters. The third-order valence-electron chi connectivity index (χ3n) is 2.06. The van der Waals surface area contributed by atoms with E-state index >= 15 is 0 Å². The van der Waals surface area contributed by atoms with E-state index in [0.29, 0.717) is 12.5 Å². The predicted octanol–water partition coefficient (Wildman–Crippen LogP) is 2.89. The molecule has 0 amide bonds. The Balaban J connectivity index is 2.33. The Morgan fingerprint density at radius 1 is 1.41 bits per heavy atom. The van der Waals surface area contributed by atoms with Crippen molar-refractivity contribution in [2.75, 3.05) is 25.1 Å². The lowest BCUT2D eigenvalue weighted by molar-refractivity contribution is 0.118.